The average molecular weight is 475 g/mol. The zero-order valence-corrected chi connectivity index (χ0v) is 19.2. The van der Waals surface area contributed by atoms with E-state index in [-0.39, 0.29) is 12.5 Å². The molecule has 0 aliphatic heterocycles. The van der Waals surface area contributed by atoms with E-state index in [9.17, 15) is 13.2 Å². The van der Waals surface area contributed by atoms with Gasteiger partial charge in [-0.05, 0) is 51.0 Å². The summed E-state index contributed by atoms with van der Waals surface area (Å²) in [5.74, 6) is -0.137. The maximum Gasteiger partial charge on any atom is 0.410 e. The Morgan fingerprint density at radius 3 is 2.61 bits per heavy atom. The molecule has 1 aromatic heterocycles. The standard InChI is InChI=1S/C19H27BrN2O5S/c1-19(2,3)27-18(23)22(4)12-13(8-9-26-28(5,24)25)16-11-21-17-7-6-14(20)10-15(16)17/h6-7,10-11,13,21H,8-9,12H2,1-5H3/t13-/m1/s1. The van der Waals surface area contributed by atoms with Gasteiger partial charge in [0.25, 0.3) is 10.1 Å². The Hall–Kier alpha value is -1.58. The lowest BCUT2D eigenvalue weighted by Gasteiger charge is -2.27. The maximum absolute atomic E-state index is 12.4. The summed E-state index contributed by atoms with van der Waals surface area (Å²) in [5.41, 5.74) is 1.36. The number of aromatic nitrogens is 1. The van der Waals surface area contributed by atoms with E-state index in [1.54, 1.807) is 7.05 Å². The van der Waals surface area contributed by atoms with E-state index in [1.165, 1.54) is 4.90 Å². The summed E-state index contributed by atoms with van der Waals surface area (Å²) in [6.07, 6.45) is 2.92. The first-order chi connectivity index (χ1) is 12.9. The molecule has 156 valence electrons. The fourth-order valence-electron chi connectivity index (χ4n) is 2.88. The van der Waals surface area contributed by atoms with Crippen LogP contribution in [0.2, 0.25) is 0 Å². The van der Waals surface area contributed by atoms with Crippen LogP contribution in [0.3, 0.4) is 0 Å². The van der Waals surface area contributed by atoms with Gasteiger partial charge in [-0.2, -0.15) is 8.42 Å². The van der Waals surface area contributed by atoms with Gasteiger partial charge in [-0.15, -0.1) is 0 Å². The van der Waals surface area contributed by atoms with Crippen molar-refractivity contribution in [2.24, 2.45) is 0 Å². The van der Waals surface area contributed by atoms with Crippen LogP contribution < -0.4 is 0 Å². The Kier molecular flexibility index (Phi) is 7.17. The quantitative estimate of drug-likeness (QED) is 0.605. The van der Waals surface area contributed by atoms with Gasteiger partial charge >= 0.3 is 6.09 Å². The van der Waals surface area contributed by atoms with E-state index in [1.807, 2.05) is 45.2 Å². The Bertz CT molecular complexity index is 933. The average Bonchev–Trinajstić information content (AvgIpc) is 2.93. The molecular weight excluding hydrogens is 448 g/mol. The molecular formula is C19H27BrN2O5S. The van der Waals surface area contributed by atoms with Gasteiger partial charge < -0.3 is 14.6 Å². The third-order valence-electron chi connectivity index (χ3n) is 4.08. The Morgan fingerprint density at radius 2 is 2.00 bits per heavy atom. The van der Waals surface area contributed by atoms with Gasteiger partial charge in [0, 0.05) is 41.1 Å². The number of ether oxygens (including phenoxy) is 1. The summed E-state index contributed by atoms with van der Waals surface area (Å²) >= 11 is 3.48. The first-order valence-corrected chi connectivity index (χ1v) is 11.5. The Balaban J connectivity index is 2.25. The fourth-order valence-corrected chi connectivity index (χ4v) is 3.64. The number of benzene rings is 1. The van der Waals surface area contributed by atoms with Crippen molar-refractivity contribution in [2.75, 3.05) is 26.5 Å². The molecule has 0 bridgehead atoms. The number of carbonyl (C=O) groups excluding carboxylic acids is 1. The Morgan fingerprint density at radius 1 is 1.32 bits per heavy atom. The molecule has 1 N–H and O–H groups in total. The molecule has 1 aromatic carbocycles. The third kappa shape index (κ3) is 6.79. The van der Waals surface area contributed by atoms with Crippen molar-refractivity contribution >= 4 is 43.0 Å². The number of fused-ring (bicyclic) bond motifs is 1. The van der Waals surface area contributed by atoms with Crippen LogP contribution >= 0.6 is 15.9 Å². The molecule has 0 spiro atoms. The zero-order valence-electron chi connectivity index (χ0n) is 16.8. The lowest BCUT2D eigenvalue weighted by molar-refractivity contribution is 0.0285. The summed E-state index contributed by atoms with van der Waals surface area (Å²) in [4.78, 5) is 17.1. The van der Waals surface area contributed by atoms with Crippen LogP contribution in [0.25, 0.3) is 10.9 Å². The van der Waals surface area contributed by atoms with Crippen LogP contribution in [-0.2, 0) is 19.0 Å². The smallest absolute Gasteiger partial charge is 0.410 e. The number of likely N-dealkylation sites (N-methyl/N-ethyl adjacent to an activating group) is 1. The van der Waals surface area contributed by atoms with E-state index >= 15 is 0 Å². The molecule has 0 fully saturated rings. The minimum absolute atomic E-state index is 0.0341. The van der Waals surface area contributed by atoms with Crippen LogP contribution in [0.15, 0.2) is 28.9 Å². The molecule has 2 aromatic rings. The highest BCUT2D eigenvalue weighted by Gasteiger charge is 2.24. The van der Waals surface area contributed by atoms with Crippen molar-refractivity contribution in [1.82, 2.24) is 9.88 Å². The molecule has 0 saturated heterocycles. The molecule has 2 rings (SSSR count). The second-order valence-corrected chi connectivity index (χ2v) is 10.4. The highest BCUT2D eigenvalue weighted by atomic mass is 79.9. The van der Waals surface area contributed by atoms with Gasteiger partial charge in [-0.1, -0.05) is 15.9 Å². The number of carbonyl (C=O) groups is 1. The van der Waals surface area contributed by atoms with Crippen molar-refractivity contribution in [3.8, 4) is 0 Å². The molecule has 7 nitrogen and oxygen atoms in total. The predicted molar refractivity (Wildman–Crippen MR) is 113 cm³/mol. The number of hydrogen-bond donors (Lipinski definition) is 1. The van der Waals surface area contributed by atoms with Crippen LogP contribution in [0.5, 0.6) is 0 Å². The number of aromatic amines is 1. The van der Waals surface area contributed by atoms with Gasteiger partial charge in [-0.3, -0.25) is 4.18 Å². The van der Waals surface area contributed by atoms with Gasteiger partial charge in [0.05, 0.1) is 12.9 Å². The second kappa shape index (κ2) is 8.84. The topological polar surface area (TPSA) is 88.7 Å². The van der Waals surface area contributed by atoms with Crippen molar-refractivity contribution in [3.05, 3.63) is 34.4 Å². The number of H-pyrrole nitrogens is 1. The lowest BCUT2D eigenvalue weighted by atomic mass is 9.95. The first-order valence-electron chi connectivity index (χ1n) is 8.91. The van der Waals surface area contributed by atoms with Crippen LogP contribution in [0.1, 0.15) is 38.7 Å². The minimum atomic E-state index is -3.53. The number of halogens is 1. The van der Waals surface area contributed by atoms with Crippen LogP contribution in [-0.4, -0.2) is 56.5 Å². The molecule has 1 heterocycles. The van der Waals surface area contributed by atoms with E-state index < -0.39 is 21.8 Å². The minimum Gasteiger partial charge on any atom is -0.444 e. The molecule has 28 heavy (non-hydrogen) atoms. The van der Waals surface area contributed by atoms with Gasteiger partial charge in [0.2, 0.25) is 0 Å². The molecule has 0 radical (unpaired) electrons. The summed E-state index contributed by atoms with van der Waals surface area (Å²) in [6.45, 7) is 5.84. The maximum atomic E-state index is 12.4. The van der Waals surface area contributed by atoms with Crippen LogP contribution in [0, 0.1) is 0 Å². The number of nitrogens with zero attached hydrogens (tertiary/aromatic N) is 1. The molecule has 0 aliphatic rings. The van der Waals surface area contributed by atoms with E-state index in [2.05, 4.69) is 20.9 Å². The summed E-state index contributed by atoms with van der Waals surface area (Å²) in [7, 11) is -1.86. The highest BCUT2D eigenvalue weighted by Crippen LogP contribution is 2.31. The monoisotopic (exact) mass is 474 g/mol. The van der Waals surface area contributed by atoms with E-state index in [0.29, 0.717) is 13.0 Å². The Labute approximate surface area is 174 Å². The molecule has 1 atom stereocenters. The highest BCUT2D eigenvalue weighted by molar-refractivity contribution is 9.10. The van der Waals surface area contributed by atoms with E-state index in [4.69, 9.17) is 8.92 Å². The van der Waals surface area contributed by atoms with Gasteiger partial charge in [0.15, 0.2) is 0 Å². The second-order valence-electron chi connectivity index (χ2n) is 7.81. The summed E-state index contributed by atoms with van der Waals surface area (Å²) in [6, 6.07) is 5.90. The lowest BCUT2D eigenvalue weighted by Crippen LogP contribution is -2.36. The predicted octanol–water partition coefficient (Wildman–Crippen LogP) is 4.25. The zero-order chi connectivity index (χ0) is 21.1. The van der Waals surface area contributed by atoms with Crippen molar-refractivity contribution < 1.29 is 22.1 Å². The number of nitrogens with one attached hydrogen (secondary N) is 1. The normalized spacial score (nSPS) is 13.5. The molecule has 0 unspecified atom stereocenters. The molecule has 0 aliphatic carbocycles. The summed E-state index contributed by atoms with van der Waals surface area (Å²) < 4.78 is 33.9. The number of rotatable bonds is 7. The molecule has 9 heteroatoms. The van der Waals surface area contributed by atoms with Crippen molar-refractivity contribution in [2.45, 2.75) is 38.7 Å². The number of amides is 1. The SMILES string of the molecule is CN(C[C@@H](CCOS(C)(=O)=O)c1c[nH]c2ccc(Br)cc12)C(=O)OC(C)(C)C. The van der Waals surface area contributed by atoms with Gasteiger partial charge in [-0.25, -0.2) is 4.79 Å². The third-order valence-corrected chi connectivity index (χ3v) is 5.17. The molecule has 1 amide bonds. The van der Waals surface area contributed by atoms with Crippen molar-refractivity contribution in [1.29, 1.82) is 0 Å². The van der Waals surface area contributed by atoms with Crippen molar-refractivity contribution in [3.63, 3.8) is 0 Å². The van der Waals surface area contributed by atoms with Gasteiger partial charge in [0.1, 0.15) is 5.60 Å². The number of hydrogen-bond acceptors (Lipinski definition) is 5. The molecule has 0 saturated carbocycles. The summed E-state index contributed by atoms with van der Waals surface area (Å²) in [5, 5.41) is 1.01. The fraction of sp³-hybridized carbons (Fsp3) is 0.526. The van der Waals surface area contributed by atoms with Crippen LogP contribution in [0.4, 0.5) is 4.79 Å². The van der Waals surface area contributed by atoms with E-state index in [0.717, 1.165) is 27.2 Å². The largest absolute Gasteiger partial charge is 0.444 e. The first kappa shape index (κ1) is 22.7.